The zero-order valence-corrected chi connectivity index (χ0v) is 14.6. The lowest BCUT2D eigenvalue weighted by Crippen LogP contribution is -2.32. The van der Waals surface area contributed by atoms with E-state index in [-0.39, 0.29) is 5.91 Å². The highest BCUT2D eigenvalue weighted by Gasteiger charge is 2.22. The Morgan fingerprint density at radius 3 is 2.80 bits per heavy atom. The zero-order valence-electron chi connectivity index (χ0n) is 14.6. The zero-order chi connectivity index (χ0) is 17.5. The van der Waals surface area contributed by atoms with Crippen LogP contribution >= 0.6 is 0 Å². The molecule has 1 saturated carbocycles. The van der Waals surface area contributed by atoms with Crippen molar-refractivity contribution in [1.82, 2.24) is 10.6 Å². The van der Waals surface area contributed by atoms with E-state index in [1.165, 1.54) is 0 Å². The smallest absolute Gasteiger partial charge is 0.220 e. The number of fused-ring (bicyclic) bond motifs is 1. The van der Waals surface area contributed by atoms with Crippen molar-refractivity contribution >= 4 is 17.6 Å². The van der Waals surface area contributed by atoms with Crippen molar-refractivity contribution in [2.45, 2.75) is 38.1 Å². The Labute approximate surface area is 148 Å². The average molecular weight is 346 g/mol. The lowest BCUT2D eigenvalue weighted by atomic mass is 10.2. The lowest BCUT2D eigenvalue weighted by Gasteiger charge is -2.14. The van der Waals surface area contributed by atoms with Crippen LogP contribution in [0.3, 0.4) is 0 Å². The number of hydrogen-bond acceptors (Lipinski definition) is 4. The van der Waals surface area contributed by atoms with Crippen LogP contribution in [0.2, 0.25) is 0 Å². The van der Waals surface area contributed by atoms with Gasteiger partial charge in [0.2, 0.25) is 5.91 Å². The van der Waals surface area contributed by atoms with Gasteiger partial charge in [0.15, 0.2) is 17.5 Å². The Balaban J connectivity index is 1.43. The molecule has 1 aliphatic carbocycles. The molecular weight excluding hydrogens is 320 g/mol. The molecular formula is C18H26N4O3. The quantitative estimate of drug-likeness (QED) is 0.416. The van der Waals surface area contributed by atoms with E-state index in [1.807, 2.05) is 18.2 Å². The number of carbonyl (C=O) groups is 1. The monoisotopic (exact) mass is 346 g/mol. The minimum absolute atomic E-state index is 0.134. The summed E-state index contributed by atoms with van der Waals surface area (Å²) < 4.78 is 11.3. The van der Waals surface area contributed by atoms with Crippen LogP contribution in [0.15, 0.2) is 23.2 Å². The first kappa shape index (κ1) is 17.4. The molecule has 3 rings (SSSR count). The van der Waals surface area contributed by atoms with Gasteiger partial charge in [0.25, 0.3) is 0 Å². The van der Waals surface area contributed by atoms with E-state index in [1.54, 1.807) is 7.05 Å². The first-order chi connectivity index (χ1) is 12.2. The second-order valence-corrected chi connectivity index (χ2v) is 6.28. The predicted octanol–water partition coefficient (Wildman–Crippen LogP) is 1.89. The number of amides is 1. The van der Waals surface area contributed by atoms with Gasteiger partial charge in [-0.15, -0.1) is 0 Å². The summed E-state index contributed by atoms with van der Waals surface area (Å²) in [4.78, 5) is 15.9. The fourth-order valence-electron chi connectivity index (χ4n) is 2.54. The topological polar surface area (TPSA) is 84.0 Å². The fraction of sp³-hybridized carbons (Fsp3) is 0.556. The first-order valence-corrected chi connectivity index (χ1v) is 8.91. The van der Waals surface area contributed by atoms with Crippen LogP contribution in [0.5, 0.6) is 11.5 Å². The van der Waals surface area contributed by atoms with E-state index in [0.29, 0.717) is 38.2 Å². The minimum Gasteiger partial charge on any atom is -0.490 e. The highest BCUT2D eigenvalue weighted by molar-refractivity contribution is 5.93. The Morgan fingerprint density at radius 2 is 2.04 bits per heavy atom. The molecule has 1 heterocycles. The van der Waals surface area contributed by atoms with E-state index in [2.05, 4.69) is 20.9 Å². The molecule has 0 saturated heterocycles. The summed E-state index contributed by atoms with van der Waals surface area (Å²) >= 11 is 0. The number of benzene rings is 1. The number of rotatable bonds is 6. The third kappa shape index (κ3) is 5.55. The Kier molecular flexibility index (Phi) is 5.98. The summed E-state index contributed by atoms with van der Waals surface area (Å²) in [5.74, 6) is 2.31. The molecule has 0 atom stereocenters. The number of nitrogens with one attached hydrogen (secondary N) is 3. The molecule has 25 heavy (non-hydrogen) atoms. The predicted molar refractivity (Wildman–Crippen MR) is 97.4 cm³/mol. The van der Waals surface area contributed by atoms with Gasteiger partial charge in [0.1, 0.15) is 0 Å². The maximum absolute atomic E-state index is 11.7. The second kappa shape index (κ2) is 8.60. The summed E-state index contributed by atoms with van der Waals surface area (Å²) in [5, 5.41) is 9.45. The Bertz CT molecular complexity index is 629. The van der Waals surface area contributed by atoms with E-state index >= 15 is 0 Å². The molecule has 136 valence electrons. The van der Waals surface area contributed by atoms with Crippen molar-refractivity contribution < 1.29 is 14.3 Å². The molecule has 7 heteroatoms. The fourth-order valence-corrected chi connectivity index (χ4v) is 2.54. The van der Waals surface area contributed by atoms with Gasteiger partial charge in [-0.2, -0.15) is 0 Å². The number of hydrogen-bond donors (Lipinski definition) is 3. The number of nitrogens with zero attached hydrogens (tertiary/aromatic N) is 1. The van der Waals surface area contributed by atoms with Crippen molar-refractivity contribution in [3.8, 4) is 11.5 Å². The van der Waals surface area contributed by atoms with Crippen molar-refractivity contribution in [3.05, 3.63) is 18.2 Å². The van der Waals surface area contributed by atoms with Crippen molar-refractivity contribution in [3.63, 3.8) is 0 Å². The molecule has 0 aromatic heterocycles. The summed E-state index contributed by atoms with van der Waals surface area (Å²) in [5.41, 5.74) is 0.879. The third-order valence-electron chi connectivity index (χ3n) is 4.05. The van der Waals surface area contributed by atoms with E-state index in [9.17, 15) is 4.79 Å². The van der Waals surface area contributed by atoms with Crippen LogP contribution in [0, 0.1) is 0 Å². The molecule has 1 fully saturated rings. The van der Waals surface area contributed by atoms with Gasteiger partial charge in [0, 0.05) is 44.2 Å². The molecule has 1 aromatic carbocycles. The largest absolute Gasteiger partial charge is 0.490 e. The third-order valence-corrected chi connectivity index (χ3v) is 4.05. The molecule has 0 radical (unpaired) electrons. The normalized spacial score (nSPS) is 16.8. The molecule has 2 aliphatic rings. The Morgan fingerprint density at radius 1 is 1.24 bits per heavy atom. The first-order valence-electron chi connectivity index (χ1n) is 8.91. The van der Waals surface area contributed by atoms with Crippen molar-refractivity contribution in [2.24, 2.45) is 4.99 Å². The number of aliphatic imine (C=N–C) groups is 1. The molecule has 1 amide bonds. The highest BCUT2D eigenvalue weighted by atomic mass is 16.5. The maximum atomic E-state index is 11.7. The van der Waals surface area contributed by atoms with Gasteiger partial charge in [-0.1, -0.05) is 0 Å². The maximum Gasteiger partial charge on any atom is 0.220 e. The van der Waals surface area contributed by atoms with E-state index in [0.717, 1.165) is 42.9 Å². The van der Waals surface area contributed by atoms with Gasteiger partial charge in [0.05, 0.1) is 13.2 Å². The highest BCUT2D eigenvalue weighted by Crippen LogP contribution is 2.32. The number of ether oxygens (including phenoxy) is 2. The summed E-state index contributed by atoms with van der Waals surface area (Å²) in [6.45, 7) is 2.02. The van der Waals surface area contributed by atoms with Gasteiger partial charge in [-0.3, -0.25) is 9.79 Å². The Hall–Kier alpha value is -2.44. The van der Waals surface area contributed by atoms with Crippen LogP contribution in [0.25, 0.3) is 0 Å². The molecule has 0 unspecified atom stereocenters. The van der Waals surface area contributed by atoms with Crippen LogP contribution in [0.4, 0.5) is 5.69 Å². The van der Waals surface area contributed by atoms with E-state index < -0.39 is 0 Å². The number of anilines is 1. The SMILES string of the molecule is CN=C(NCCCC(=O)NC1CC1)Nc1ccc2c(c1)OCCCO2. The number of carbonyl (C=O) groups excluding carboxylic acids is 1. The molecule has 7 nitrogen and oxygen atoms in total. The molecule has 0 bridgehead atoms. The summed E-state index contributed by atoms with van der Waals surface area (Å²) in [6.07, 6.45) is 4.42. The van der Waals surface area contributed by atoms with Crippen LogP contribution in [0.1, 0.15) is 32.1 Å². The molecule has 1 aromatic rings. The lowest BCUT2D eigenvalue weighted by molar-refractivity contribution is -0.121. The van der Waals surface area contributed by atoms with Gasteiger partial charge >= 0.3 is 0 Å². The van der Waals surface area contributed by atoms with Crippen molar-refractivity contribution in [2.75, 3.05) is 32.1 Å². The summed E-state index contributed by atoms with van der Waals surface area (Å²) in [6, 6.07) is 6.17. The molecule has 3 N–H and O–H groups in total. The van der Waals surface area contributed by atoms with Gasteiger partial charge in [-0.05, 0) is 31.4 Å². The van der Waals surface area contributed by atoms with Gasteiger partial charge < -0.3 is 25.4 Å². The minimum atomic E-state index is 0.134. The van der Waals surface area contributed by atoms with Crippen LogP contribution in [-0.2, 0) is 4.79 Å². The second-order valence-electron chi connectivity index (χ2n) is 6.28. The van der Waals surface area contributed by atoms with Crippen molar-refractivity contribution in [1.29, 1.82) is 0 Å². The standard InChI is InChI=1S/C18H26N4O3/c1-19-18(20-9-2-4-17(23)21-13-5-6-13)22-14-7-8-15-16(12-14)25-11-3-10-24-15/h7-8,12-13H,2-6,9-11H2,1H3,(H,21,23)(H2,19,20,22). The van der Waals surface area contributed by atoms with Crippen LogP contribution < -0.4 is 25.4 Å². The van der Waals surface area contributed by atoms with E-state index in [4.69, 9.17) is 9.47 Å². The molecule has 1 aliphatic heterocycles. The van der Waals surface area contributed by atoms with Gasteiger partial charge in [-0.25, -0.2) is 0 Å². The van der Waals surface area contributed by atoms with Crippen LogP contribution in [-0.4, -0.2) is 44.7 Å². The molecule has 0 spiro atoms. The number of guanidine groups is 1. The average Bonchev–Trinajstić information content (AvgIpc) is 3.44. The summed E-state index contributed by atoms with van der Waals surface area (Å²) in [7, 11) is 1.72.